The van der Waals surface area contributed by atoms with Gasteiger partial charge in [-0.1, -0.05) is 0 Å². The van der Waals surface area contributed by atoms with Gasteiger partial charge in [0.15, 0.2) is 0 Å². The Morgan fingerprint density at radius 3 is 2.17 bits per heavy atom. The molecule has 130 valence electrons. The normalized spacial score (nSPS) is 12.0. The molecule has 1 aromatic heterocycles. The minimum absolute atomic E-state index is 0.236. The first-order valence-electron chi connectivity index (χ1n) is 8.12. The van der Waals surface area contributed by atoms with Crippen LogP contribution in [0.15, 0.2) is 18.2 Å². The molecule has 0 radical (unpaired) electrons. The van der Waals surface area contributed by atoms with Crippen LogP contribution < -0.4 is 27.8 Å². The van der Waals surface area contributed by atoms with Crippen molar-refractivity contribution in [1.82, 2.24) is 9.97 Å². The average Bonchev–Trinajstić information content (AvgIpc) is 2.46. The molecule has 0 saturated heterocycles. The molecule has 7 heteroatoms. The van der Waals surface area contributed by atoms with E-state index in [-0.39, 0.29) is 6.04 Å². The van der Waals surface area contributed by atoms with Crippen molar-refractivity contribution in [3.05, 3.63) is 29.6 Å². The Labute approximate surface area is 143 Å². The van der Waals surface area contributed by atoms with Crippen LogP contribution in [-0.2, 0) is 0 Å². The molecule has 7 nitrogen and oxygen atoms in total. The van der Waals surface area contributed by atoms with Crippen LogP contribution in [-0.4, -0.2) is 22.6 Å². The maximum Gasteiger partial charge on any atom is 0.223 e. The van der Waals surface area contributed by atoms with E-state index < -0.39 is 0 Å². The summed E-state index contributed by atoms with van der Waals surface area (Å²) in [7, 11) is 0. The standard InChI is InChI=1S/C17H27N7/c1-10(22-16-14(19)8-13(18)9-15(16)20)5-4-6-21-17-23-11(2)7-12(3)24-17/h7-10,22H,4-6,18-20H2,1-3H3,(H,21,23,24). The Morgan fingerprint density at radius 2 is 1.58 bits per heavy atom. The van der Waals surface area contributed by atoms with Crippen molar-refractivity contribution in [1.29, 1.82) is 0 Å². The summed E-state index contributed by atoms with van der Waals surface area (Å²) in [5, 5.41) is 6.62. The lowest BCUT2D eigenvalue weighted by atomic mass is 10.1. The first-order valence-corrected chi connectivity index (χ1v) is 8.12. The molecule has 0 aliphatic rings. The van der Waals surface area contributed by atoms with Gasteiger partial charge in [0, 0.05) is 29.7 Å². The van der Waals surface area contributed by atoms with Crippen LogP contribution in [0.25, 0.3) is 0 Å². The molecule has 0 fully saturated rings. The van der Waals surface area contributed by atoms with E-state index in [2.05, 4.69) is 27.5 Å². The molecule has 0 spiro atoms. The van der Waals surface area contributed by atoms with Crippen LogP contribution in [0.5, 0.6) is 0 Å². The monoisotopic (exact) mass is 329 g/mol. The Bertz CT molecular complexity index is 656. The molecule has 2 aromatic rings. The molecule has 0 saturated carbocycles. The fourth-order valence-electron chi connectivity index (χ4n) is 2.61. The highest BCUT2D eigenvalue weighted by atomic mass is 15.1. The summed E-state index contributed by atoms with van der Waals surface area (Å²) in [5.41, 5.74) is 22.1. The summed E-state index contributed by atoms with van der Waals surface area (Å²) >= 11 is 0. The van der Waals surface area contributed by atoms with E-state index in [0.29, 0.717) is 23.0 Å². The molecule has 1 unspecified atom stereocenters. The van der Waals surface area contributed by atoms with E-state index in [1.54, 1.807) is 12.1 Å². The second kappa shape index (κ2) is 7.72. The van der Waals surface area contributed by atoms with E-state index in [1.165, 1.54) is 0 Å². The summed E-state index contributed by atoms with van der Waals surface area (Å²) in [6.45, 7) is 6.84. The van der Waals surface area contributed by atoms with Crippen molar-refractivity contribution in [2.75, 3.05) is 34.4 Å². The number of nitrogens with one attached hydrogen (secondary N) is 2. The van der Waals surface area contributed by atoms with E-state index in [9.17, 15) is 0 Å². The zero-order valence-electron chi connectivity index (χ0n) is 14.6. The van der Waals surface area contributed by atoms with Crippen molar-refractivity contribution < 1.29 is 0 Å². The van der Waals surface area contributed by atoms with Crippen molar-refractivity contribution in [3.8, 4) is 0 Å². The van der Waals surface area contributed by atoms with Gasteiger partial charge in [0.05, 0.1) is 17.1 Å². The lowest BCUT2D eigenvalue weighted by Gasteiger charge is -2.19. The number of aryl methyl sites for hydroxylation is 2. The topological polar surface area (TPSA) is 128 Å². The van der Waals surface area contributed by atoms with Crippen molar-refractivity contribution >= 4 is 28.7 Å². The van der Waals surface area contributed by atoms with Crippen molar-refractivity contribution in [2.24, 2.45) is 0 Å². The second-order valence-electron chi connectivity index (χ2n) is 6.16. The van der Waals surface area contributed by atoms with E-state index >= 15 is 0 Å². The quantitative estimate of drug-likeness (QED) is 0.390. The number of rotatable bonds is 7. The molecule has 1 heterocycles. The van der Waals surface area contributed by atoms with Gasteiger partial charge in [-0.2, -0.15) is 0 Å². The zero-order chi connectivity index (χ0) is 17.7. The van der Waals surface area contributed by atoms with Gasteiger partial charge >= 0.3 is 0 Å². The van der Waals surface area contributed by atoms with E-state index in [4.69, 9.17) is 17.2 Å². The number of nitrogen functional groups attached to an aromatic ring is 3. The van der Waals surface area contributed by atoms with Crippen LogP contribution in [0, 0.1) is 13.8 Å². The van der Waals surface area contributed by atoms with Crippen LogP contribution in [0.1, 0.15) is 31.2 Å². The number of hydrogen-bond acceptors (Lipinski definition) is 7. The van der Waals surface area contributed by atoms with Crippen molar-refractivity contribution in [2.45, 2.75) is 39.7 Å². The lowest BCUT2D eigenvalue weighted by molar-refractivity contribution is 0.672. The predicted octanol–water partition coefficient (Wildman–Crippen LogP) is 2.53. The fraction of sp³-hybridized carbons (Fsp3) is 0.412. The summed E-state index contributed by atoms with van der Waals surface area (Å²) in [4.78, 5) is 8.73. The lowest BCUT2D eigenvalue weighted by Crippen LogP contribution is -2.19. The predicted molar refractivity (Wildman–Crippen MR) is 102 cm³/mol. The molecule has 0 amide bonds. The van der Waals surface area contributed by atoms with Gasteiger partial charge in [-0.05, 0) is 51.8 Å². The molecule has 24 heavy (non-hydrogen) atoms. The molecule has 2 rings (SSSR count). The Hall–Kier alpha value is -2.70. The second-order valence-corrected chi connectivity index (χ2v) is 6.16. The zero-order valence-corrected chi connectivity index (χ0v) is 14.6. The molecular weight excluding hydrogens is 302 g/mol. The number of anilines is 5. The Balaban J connectivity index is 1.80. The van der Waals surface area contributed by atoms with Crippen molar-refractivity contribution in [3.63, 3.8) is 0 Å². The van der Waals surface area contributed by atoms with Gasteiger partial charge < -0.3 is 27.8 Å². The van der Waals surface area contributed by atoms with Gasteiger partial charge in [-0.15, -0.1) is 0 Å². The molecule has 1 aromatic carbocycles. The SMILES string of the molecule is Cc1cc(C)nc(NCCCC(C)Nc2c(N)cc(N)cc2N)n1. The largest absolute Gasteiger partial charge is 0.399 e. The number of nitrogens with two attached hydrogens (primary N) is 3. The molecule has 0 aliphatic carbocycles. The minimum atomic E-state index is 0.236. The molecule has 1 atom stereocenters. The average molecular weight is 329 g/mol. The number of benzene rings is 1. The van der Waals surface area contributed by atoms with Gasteiger partial charge in [0.25, 0.3) is 0 Å². The Morgan fingerprint density at radius 1 is 1.00 bits per heavy atom. The third-order valence-corrected chi connectivity index (χ3v) is 3.69. The maximum atomic E-state index is 5.98. The molecule has 0 bridgehead atoms. The molecule has 0 aliphatic heterocycles. The Kier molecular flexibility index (Phi) is 5.68. The summed E-state index contributed by atoms with van der Waals surface area (Å²) in [6.07, 6.45) is 1.93. The van der Waals surface area contributed by atoms with Gasteiger partial charge in [0.1, 0.15) is 0 Å². The highest BCUT2D eigenvalue weighted by molar-refractivity contribution is 5.83. The third kappa shape index (κ3) is 4.91. The van der Waals surface area contributed by atoms with Gasteiger partial charge in [0.2, 0.25) is 5.95 Å². The highest BCUT2D eigenvalue weighted by Gasteiger charge is 2.09. The fourth-order valence-corrected chi connectivity index (χ4v) is 2.61. The number of aromatic nitrogens is 2. The van der Waals surface area contributed by atoms with Crippen LogP contribution >= 0.6 is 0 Å². The van der Waals surface area contributed by atoms with E-state index in [1.807, 2.05) is 19.9 Å². The minimum Gasteiger partial charge on any atom is -0.399 e. The number of nitrogens with zero attached hydrogens (tertiary/aromatic N) is 2. The molecular formula is C17H27N7. The van der Waals surface area contributed by atoms with Gasteiger partial charge in [-0.3, -0.25) is 0 Å². The highest BCUT2D eigenvalue weighted by Crippen LogP contribution is 2.30. The van der Waals surface area contributed by atoms with Crippen LogP contribution in [0.3, 0.4) is 0 Å². The summed E-state index contributed by atoms with van der Waals surface area (Å²) in [5.74, 6) is 0.681. The maximum absolute atomic E-state index is 5.98. The first kappa shape index (κ1) is 17.7. The smallest absolute Gasteiger partial charge is 0.223 e. The molecule has 8 N–H and O–H groups in total. The third-order valence-electron chi connectivity index (χ3n) is 3.69. The summed E-state index contributed by atoms with van der Waals surface area (Å²) in [6, 6.07) is 5.62. The summed E-state index contributed by atoms with van der Waals surface area (Å²) < 4.78 is 0. The van der Waals surface area contributed by atoms with E-state index in [0.717, 1.165) is 36.5 Å². The first-order chi connectivity index (χ1) is 11.3. The number of hydrogen-bond donors (Lipinski definition) is 5. The van der Waals surface area contributed by atoms with Crippen LogP contribution in [0.2, 0.25) is 0 Å². The van der Waals surface area contributed by atoms with Crippen LogP contribution in [0.4, 0.5) is 28.7 Å². The van der Waals surface area contributed by atoms with Gasteiger partial charge in [-0.25, -0.2) is 9.97 Å².